The van der Waals surface area contributed by atoms with E-state index in [0.29, 0.717) is 12.1 Å². The third-order valence-corrected chi connectivity index (χ3v) is 4.26. The topological polar surface area (TPSA) is 38.5 Å². The van der Waals surface area contributed by atoms with Gasteiger partial charge >= 0.3 is 0 Å². The maximum atomic E-state index is 5.87. The molecule has 2 N–H and O–H groups in total. The first kappa shape index (κ1) is 14.8. The van der Waals surface area contributed by atoms with Crippen molar-refractivity contribution < 1.29 is 4.74 Å². The van der Waals surface area contributed by atoms with Crippen LogP contribution in [-0.4, -0.2) is 31.3 Å². The second kappa shape index (κ2) is 6.25. The van der Waals surface area contributed by atoms with Gasteiger partial charge in [0.2, 0.25) is 0 Å². The Balaban J connectivity index is 2.18. The van der Waals surface area contributed by atoms with Gasteiger partial charge in [0.25, 0.3) is 0 Å². The molecule has 0 aromatic heterocycles. The summed E-state index contributed by atoms with van der Waals surface area (Å²) >= 11 is 3.66. The number of morpholine rings is 1. The lowest BCUT2D eigenvalue weighted by atomic mass is 10.1. The fraction of sp³-hybridized carbons (Fsp3) is 0.600. The van der Waals surface area contributed by atoms with Crippen molar-refractivity contribution >= 4 is 21.6 Å². The van der Waals surface area contributed by atoms with Crippen LogP contribution in [0.2, 0.25) is 0 Å². The maximum Gasteiger partial charge on any atom is 0.0723 e. The van der Waals surface area contributed by atoms with E-state index in [1.807, 2.05) is 6.92 Å². The molecular weight excluding hydrogens is 304 g/mol. The lowest BCUT2D eigenvalue weighted by Crippen LogP contribution is -2.47. The molecule has 1 aliphatic heterocycles. The molecular formula is C15H23BrN2O. The first-order valence-corrected chi connectivity index (χ1v) is 7.69. The molecule has 1 aromatic rings. The molecule has 3 unspecified atom stereocenters. The first-order chi connectivity index (χ1) is 8.97. The van der Waals surface area contributed by atoms with E-state index in [1.165, 1.54) is 11.3 Å². The average molecular weight is 327 g/mol. The number of anilines is 1. The van der Waals surface area contributed by atoms with Crippen molar-refractivity contribution in [3.8, 4) is 0 Å². The van der Waals surface area contributed by atoms with E-state index in [0.717, 1.165) is 24.0 Å². The third kappa shape index (κ3) is 3.71. The maximum absolute atomic E-state index is 5.87. The number of nitrogens with two attached hydrogens (primary N) is 1. The molecule has 0 amide bonds. The molecule has 0 aliphatic carbocycles. The molecule has 1 saturated heterocycles. The van der Waals surface area contributed by atoms with Crippen molar-refractivity contribution in [2.45, 2.75) is 45.4 Å². The number of ether oxygens (including phenoxy) is 1. The van der Waals surface area contributed by atoms with Crippen molar-refractivity contribution in [2.24, 2.45) is 5.73 Å². The number of nitrogens with zero attached hydrogens (tertiary/aromatic N) is 1. The Morgan fingerprint density at radius 2 is 2.21 bits per heavy atom. The largest absolute Gasteiger partial charge is 0.375 e. The number of hydrogen-bond acceptors (Lipinski definition) is 3. The molecule has 2 rings (SSSR count). The quantitative estimate of drug-likeness (QED) is 0.928. The highest BCUT2D eigenvalue weighted by Gasteiger charge is 2.23. The molecule has 0 spiro atoms. The van der Waals surface area contributed by atoms with Gasteiger partial charge in [0.1, 0.15) is 0 Å². The van der Waals surface area contributed by atoms with Gasteiger partial charge in [-0.25, -0.2) is 0 Å². The summed E-state index contributed by atoms with van der Waals surface area (Å²) < 4.78 is 6.83. The number of halogens is 1. The van der Waals surface area contributed by atoms with Gasteiger partial charge in [0.05, 0.1) is 12.7 Å². The SMILES string of the molecule is CC(N)Cc1ccc(N2CC(C)OCC2C)cc1Br. The monoisotopic (exact) mass is 326 g/mol. The Morgan fingerprint density at radius 3 is 2.84 bits per heavy atom. The third-order valence-electron chi connectivity index (χ3n) is 3.52. The van der Waals surface area contributed by atoms with Crippen LogP contribution in [0, 0.1) is 0 Å². The number of hydrogen-bond donors (Lipinski definition) is 1. The molecule has 0 saturated carbocycles. The number of benzene rings is 1. The summed E-state index contributed by atoms with van der Waals surface area (Å²) in [4.78, 5) is 2.41. The van der Waals surface area contributed by atoms with Crippen molar-refractivity contribution in [3.63, 3.8) is 0 Å². The van der Waals surface area contributed by atoms with Crippen molar-refractivity contribution in [3.05, 3.63) is 28.2 Å². The zero-order valence-corrected chi connectivity index (χ0v) is 13.5. The smallest absolute Gasteiger partial charge is 0.0723 e. The summed E-state index contributed by atoms with van der Waals surface area (Å²) in [6, 6.07) is 7.17. The molecule has 1 fully saturated rings. The minimum absolute atomic E-state index is 0.185. The van der Waals surface area contributed by atoms with Crippen molar-refractivity contribution in [1.29, 1.82) is 0 Å². The van der Waals surface area contributed by atoms with Gasteiger partial charge in [-0.15, -0.1) is 0 Å². The molecule has 1 aromatic carbocycles. The lowest BCUT2D eigenvalue weighted by Gasteiger charge is -2.38. The molecule has 0 bridgehead atoms. The highest BCUT2D eigenvalue weighted by atomic mass is 79.9. The van der Waals surface area contributed by atoms with Gasteiger partial charge in [-0.3, -0.25) is 0 Å². The average Bonchev–Trinajstić information content (AvgIpc) is 2.34. The van der Waals surface area contributed by atoms with Crippen LogP contribution >= 0.6 is 15.9 Å². The van der Waals surface area contributed by atoms with Gasteiger partial charge in [-0.05, 0) is 44.9 Å². The van der Waals surface area contributed by atoms with E-state index in [1.54, 1.807) is 0 Å². The van der Waals surface area contributed by atoms with E-state index in [9.17, 15) is 0 Å². The minimum atomic E-state index is 0.185. The highest BCUT2D eigenvalue weighted by molar-refractivity contribution is 9.10. The molecule has 3 nitrogen and oxygen atoms in total. The molecule has 3 atom stereocenters. The summed E-state index contributed by atoms with van der Waals surface area (Å²) in [5, 5.41) is 0. The summed E-state index contributed by atoms with van der Waals surface area (Å²) in [5.41, 5.74) is 8.39. The van der Waals surface area contributed by atoms with E-state index in [-0.39, 0.29) is 6.04 Å². The lowest BCUT2D eigenvalue weighted by molar-refractivity contribution is 0.0344. The second-order valence-corrected chi connectivity index (χ2v) is 6.46. The van der Waals surface area contributed by atoms with Crippen LogP contribution in [-0.2, 0) is 11.2 Å². The fourth-order valence-electron chi connectivity index (χ4n) is 2.49. The Hall–Kier alpha value is -0.580. The van der Waals surface area contributed by atoms with Crippen LogP contribution in [0.15, 0.2) is 22.7 Å². The summed E-state index contributed by atoms with van der Waals surface area (Å²) in [6.45, 7) is 8.10. The van der Waals surface area contributed by atoms with E-state index in [4.69, 9.17) is 10.5 Å². The Kier molecular flexibility index (Phi) is 4.87. The van der Waals surface area contributed by atoms with Crippen molar-refractivity contribution in [2.75, 3.05) is 18.1 Å². The molecule has 1 heterocycles. The molecule has 1 aliphatic rings. The van der Waals surface area contributed by atoms with Gasteiger partial charge < -0.3 is 15.4 Å². The summed E-state index contributed by atoms with van der Waals surface area (Å²) in [7, 11) is 0. The predicted molar refractivity (Wildman–Crippen MR) is 83.7 cm³/mol. The number of rotatable bonds is 3. The highest BCUT2D eigenvalue weighted by Crippen LogP contribution is 2.28. The van der Waals surface area contributed by atoms with Crippen LogP contribution in [0.5, 0.6) is 0 Å². The zero-order chi connectivity index (χ0) is 14.0. The molecule has 0 radical (unpaired) electrons. The summed E-state index contributed by atoms with van der Waals surface area (Å²) in [5.74, 6) is 0. The second-order valence-electron chi connectivity index (χ2n) is 5.60. The zero-order valence-electron chi connectivity index (χ0n) is 11.9. The molecule has 4 heteroatoms. The molecule has 106 valence electrons. The summed E-state index contributed by atoms with van der Waals surface area (Å²) in [6.07, 6.45) is 1.19. The standard InChI is InChI=1S/C15H23BrN2O/c1-10(17)6-13-4-5-14(7-15(13)16)18-8-12(3)19-9-11(18)2/h4-5,7,10-12H,6,8-9,17H2,1-3H3. The van der Waals surface area contributed by atoms with Gasteiger partial charge in [0, 0.05) is 28.8 Å². The van der Waals surface area contributed by atoms with E-state index in [2.05, 4.69) is 52.9 Å². The normalized spacial score (nSPS) is 25.4. The Morgan fingerprint density at radius 1 is 1.47 bits per heavy atom. The van der Waals surface area contributed by atoms with Crippen LogP contribution < -0.4 is 10.6 Å². The first-order valence-electron chi connectivity index (χ1n) is 6.89. The van der Waals surface area contributed by atoms with Crippen LogP contribution in [0.1, 0.15) is 26.3 Å². The van der Waals surface area contributed by atoms with Gasteiger partial charge in [-0.1, -0.05) is 22.0 Å². The Bertz CT molecular complexity index is 436. The van der Waals surface area contributed by atoms with Crippen LogP contribution in [0.4, 0.5) is 5.69 Å². The molecule has 19 heavy (non-hydrogen) atoms. The minimum Gasteiger partial charge on any atom is -0.375 e. The van der Waals surface area contributed by atoms with Crippen molar-refractivity contribution in [1.82, 2.24) is 0 Å². The van der Waals surface area contributed by atoms with Gasteiger partial charge in [0.15, 0.2) is 0 Å². The predicted octanol–water partition coefficient (Wildman–Crippen LogP) is 2.95. The fourth-order valence-corrected chi connectivity index (χ4v) is 3.02. The van der Waals surface area contributed by atoms with Crippen LogP contribution in [0.25, 0.3) is 0 Å². The van der Waals surface area contributed by atoms with E-state index < -0.39 is 0 Å². The van der Waals surface area contributed by atoms with Gasteiger partial charge in [-0.2, -0.15) is 0 Å². The van der Waals surface area contributed by atoms with E-state index >= 15 is 0 Å². The van der Waals surface area contributed by atoms with Crippen LogP contribution in [0.3, 0.4) is 0 Å². The Labute approximate surface area is 124 Å².